The summed E-state index contributed by atoms with van der Waals surface area (Å²) in [6.45, 7) is 0.591. The molecule has 0 radical (unpaired) electrons. The van der Waals surface area contributed by atoms with Gasteiger partial charge < -0.3 is 20.1 Å². The van der Waals surface area contributed by atoms with Crippen LogP contribution in [-0.2, 0) is 0 Å². The van der Waals surface area contributed by atoms with Crippen LogP contribution in [0.1, 0.15) is 28.4 Å². The van der Waals surface area contributed by atoms with Crippen molar-refractivity contribution in [2.45, 2.75) is 12.5 Å². The molecule has 0 aromatic heterocycles. The summed E-state index contributed by atoms with van der Waals surface area (Å²) < 4.78 is 10.9. The van der Waals surface area contributed by atoms with Crippen molar-refractivity contribution < 1.29 is 14.3 Å². The second-order valence-electron chi connectivity index (χ2n) is 6.60. The number of carbonyl (C=O) groups excluding carboxylic acids is 1. The van der Waals surface area contributed by atoms with Crippen LogP contribution in [0.15, 0.2) is 72.8 Å². The van der Waals surface area contributed by atoms with Crippen molar-refractivity contribution in [3.05, 3.63) is 83.9 Å². The molecular weight excluding hydrogens is 352 g/mol. The van der Waals surface area contributed by atoms with Crippen molar-refractivity contribution in [1.82, 2.24) is 5.32 Å². The van der Waals surface area contributed by atoms with Crippen LogP contribution >= 0.6 is 0 Å². The molecule has 1 aliphatic heterocycles. The molecule has 0 fully saturated rings. The lowest BCUT2D eigenvalue weighted by molar-refractivity contribution is 0.0925. The minimum atomic E-state index is -0.113. The van der Waals surface area contributed by atoms with Gasteiger partial charge in [-0.3, -0.25) is 4.79 Å². The quantitative estimate of drug-likeness (QED) is 0.680. The average molecular weight is 374 g/mol. The van der Waals surface area contributed by atoms with Crippen LogP contribution in [0.2, 0.25) is 0 Å². The number of nitrogens with one attached hydrogen (secondary N) is 2. The van der Waals surface area contributed by atoms with Gasteiger partial charge in [0.15, 0.2) is 0 Å². The van der Waals surface area contributed by atoms with Gasteiger partial charge >= 0.3 is 0 Å². The van der Waals surface area contributed by atoms with Gasteiger partial charge in [-0.15, -0.1) is 0 Å². The van der Waals surface area contributed by atoms with Gasteiger partial charge in [-0.1, -0.05) is 30.3 Å². The van der Waals surface area contributed by atoms with Crippen LogP contribution in [0, 0.1) is 0 Å². The van der Waals surface area contributed by atoms with Crippen LogP contribution in [0.4, 0.5) is 11.4 Å². The van der Waals surface area contributed by atoms with Gasteiger partial charge in [-0.2, -0.15) is 0 Å². The molecule has 0 saturated carbocycles. The van der Waals surface area contributed by atoms with Crippen LogP contribution < -0.4 is 20.1 Å². The van der Waals surface area contributed by atoms with Crippen molar-refractivity contribution in [2.75, 3.05) is 19.0 Å². The molecule has 1 aliphatic rings. The number of ether oxygens (including phenoxy) is 2. The van der Waals surface area contributed by atoms with Crippen molar-refractivity contribution in [3.63, 3.8) is 0 Å². The van der Waals surface area contributed by atoms with E-state index in [0.717, 1.165) is 34.9 Å². The topological polar surface area (TPSA) is 59.6 Å². The predicted molar refractivity (Wildman–Crippen MR) is 109 cm³/mol. The summed E-state index contributed by atoms with van der Waals surface area (Å²) in [5, 5.41) is 6.48. The molecule has 0 aliphatic carbocycles. The highest BCUT2D eigenvalue weighted by Gasteiger charge is 2.23. The fourth-order valence-electron chi connectivity index (χ4n) is 3.35. The van der Waals surface area contributed by atoms with E-state index in [2.05, 4.69) is 10.6 Å². The monoisotopic (exact) mass is 374 g/mol. The summed E-state index contributed by atoms with van der Waals surface area (Å²) in [5.74, 6) is 1.51. The third-order valence-electron chi connectivity index (χ3n) is 4.80. The van der Waals surface area contributed by atoms with E-state index in [1.165, 1.54) is 0 Å². The number of anilines is 2. The fourth-order valence-corrected chi connectivity index (χ4v) is 3.35. The van der Waals surface area contributed by atoms with Gasteiger partial charge in [0.05, 0.1) is 31.0 Å². The summed E-state index contributed by atoms with van der Waals surface area (Å²) in [4.78, 5) is 13.0. The lowest BCUT2D eigenvalue weighted by atomic mass is 10.00. The number of carbonyl (C=O) groups is 1. The van der Waals surface area contributed by atoms with E-state index in [0.29, 0.717) is 12.2 Å². The highest BCUT2D eigenvalue weighted by molar-refractivity contribution is 6.00. The Hall–Kier alpha value is -3.47. The maximum Gasteiger partial charge on any atom is 0.253 e. The number of benzene rings is 3. The van der Waals surface area contributed by atoms with Gasteiger partial charge in [-0.25, -0.2) is 0 Å². The van der Waals surface area contributed by atoms with Crippen LogP contribution in [0.5, 0.6) is 11.5 Å². The van der Waals surface area contributed by atoms with Gasteiger partial charge in [0.2, 0.25) is 0 Å². The molecule has 5 heteroatoms. The number of para-hydroxylation sites is 2. The number of methoxy groups -OCH3 is 1. The first-order valence-electron chi connectivity index (χ1n) is 9.27. The number of hydrogen-bond donors (Lipinski definition) is 2. The SMILES string of the molecule is COc1ccc(Nc2ccccc2C(=O)NC2CCOc3ccccc32)cc1. The third-order valence-corrected chi connectivity index (χ3v) is 4.80. The highest BCUT2D eigenvalue weighted by atomic mass is 16.5. The largest absolute Gasteiger partial charge is 0.497 e. The Morgan fingerprint density at radius 2 is 1.75 bits per heavy atom. The molecule has 1 unspecified atom stereocenters. The van der Waals surface area contributed by atoms with E-state index < -0.39 is 0 Å². The maximum atomic E-state index is 13.0. The zero-order chi connectivity index (χ0) is 19.3. The first-order valence-corrected chi connectivity index (χ1v) is 9.27. The molecular formula is C23H22N2O3. The molecule has 142 valence electrons. The molecule has 28 heavy (non-hydrogen) atoms. The van der Waals surface area contributed by atoms with Crippen LogP contribution in [-0.4, -0.2) is 19.6 Å². The lowest BCUT2D eigenvalue weighted by Gasteiger charge is -2.27. The molecule has 3 aromatic carbocycles. The van der Waals surface area contributed by atoms with E-state index in [-0.39, 0.29) is 11.9 Å². The Labute approximate surface area is 164 Å². The van der Waals surface area contributed by atoms with Crippen molar-refractivity contribution in [1.29, 1.82) is 0 Å². The summed E-state index contributed by atoms with van der Waals surface area (Å²) in [6.07, 6.45) is 0.747. The zero-order valence-corrected chi connectivity index (χ0v) is 15.6. The Morgan fingerprint density at radius 1 is 1.00 bits per heavy atom. The number of amides is 1. The Kier molecular flexibility index (Phi) is 5.15. The smallest absolute Gasteiger partial charge is 0.253 e. The standard InChI is InChI=1S/C23H22N2O3/c1-27-17-12-10-16(11-13-17)24-20-8-4-2-7-19(20)23(26)25-21-14-15-28-22-9-5-3-6-18(21)22/h2-13,21,24H,14-15H2,1H3,(H,25,26). The summed E-state index contributed by atoms with van der Waals surface area (Å²) in [7, 11) is 1.64. The van der Waals surface area contributed by atoms with E-state index in [1.807, 2.05) is 72.8 Å². The van der Waals surface area contributed by atoms with Crippen LogP contribution in [0.3, 0.4) is 0 Å². The first-order chi connectivity index (χ1) is 13.7. The Bertz CT molecular complexity index is 970. The van der Waals surface area contributed by atoms with Gasteiger partial charge in [0, 0.05) is 17.7 Å². The molecule has 0 spiro atoms. The fraction of sp³-hybridized carbons (Fsp3) is 0.174. The molecule has 0 saturated heterocycles. The Balaban J connectivity index is 1.54. The van der Waals surface area contributed by atoms with E-state index in [9.17, 15) is 4.79 Å². The van der Waals surface area contributed by atoms with Crippen molar-refractivity contribution in [2.24, 2.45) is 0 Å². The Morgan fingerprint density at radius 3 is 2.57 bits per heavy atom. The average Bonchev–Trinajstić information content (AvgIpc) is 2.75. The molecule has 4 rings (SSSR count). The second kappa shape index (κ2) is 8.05. The van der Waals surface area contributed by atoms with E-state index >= 15 is 0 Å². The van der Waals surface area contributed by atoms with Gasteiger partial charge in [0.25, 0.3) is 5.91 Å². The lowest BCUT2D eigenvalue weighted by Crippen LogP contribution is -2.32. The molecule has 5 nitrogen and oxygen atoms in total. The van der Waals surface area contributed by atoms with Gasteiger partial charge in [0.1, 0.15) is 11.5 Å². The van der Waals surface area contributed by atoms with Crippen LogP contribution in [0.25, 0.3) is 0 Å². The summed E-state index contributed by atoms with van der Waals surface area (Å²) >= 11 is 0. The van der Waals surface area contributed by atoms with Crippen molar-refractivity contribution >= 4 is 17.3 Å². The molecule has 3 aromatic rings. The minimum Gasteiger partial charge on any atom is -0.497 e. The van der Waals surface area contributed by atoms with Crippen molar-refractivity contribution in [3.8, 4) is 11.5 Å². The molecule has 1 heterocycles. The molecule has 1 amide bonds. The number of rotatable bonds is 5. The minimum absolute atomic E-state index is 0.0634. The predicted octanol–water partition coefficient (Wildman–Crippen LogP) is 4.69. The zero-order valence-electron chi connectivity index (χ0n) is 15.6. The number of hydrogen-bond acceptors (Lipinski definition) is 4. The normalized spacial score (nSPS) is 15.1. The number of fused-ring (bicyclic) bond motifs is 1. The maximum absolute atomic E-state index is 13.0. The summed E-state index contributed by atoms with van der Waals surface area (Å²) in [6, 6.07) is 22.9. The summed E-state index contributed by atoms with van der Waals surface area (Å²) in [5.41, 5.74) is 3.26. The van der Waals surface area contributed by atoms with E-state index in [1.54, 1.807) is 7.11 Å². The van der Waals surface area contributed by atoms with E-state index in [4.69, 9.17) is 9.47 Å². The highest BCUT2D eigenvalue weighted by Crippen LogP contribution is 2.32. The second-order valence-corrected chi connectivity index (χ2v) is 6.60. The van der Waals surface area contributed by atoms with Gasteiger partial charge in [-0.05, 0) is 42.5 Å². The first kappa shape index (κ1) is 17.9. The molecule has 0 bridgehead atoms. The molecule has 1 atom stereocenters. The third kappa shape index (κ3) is 3.78. The molecule has 2 N–H and O–H groups in total.